The van der Waals surface area contributed by atoms with E-state index in [2.05, 4.69) is 10.2 Å². The number of benzene rings is 2. The number of ketones is 1. The highest BCUT2D eigenvalue weighted by Crippen LogP contribution is 2.34. The summed E-state index contributed by atoms with van der Waals surface area (Å²) < 4.78 is 0. The standard InChI is InChI=1S/C20H21ClN2O2/c1-13(24)22-17-9-5-14(6-10-17)18-11-23(2)12-19(18)20(25)15-3-7-16(21)8-4-15/h3-10,18-19H,11-12H2,1-2H3,(H,22,24)/t18-,19-/m0/s1. The molecule has 1 heterocycles. The molecule has 0 radical (unpaired) electrons. The van der Waals surface area contributed by atoms with Crippen molar-refractivity contribution in [1.82, 2.24) is 4.90 Å². The van der Waals surface area contributed by atoms with Gasteiger partial charge in [-0.05, 0) is 49.0 Å². The fourth-order valence-electron chi connectivity index (χ4n) is 3.45. The molecule has 4 nitrogen and oxygen atoms in total. The minimum Gasteiger partial charge on any atom is -0.326 e. The number of anilines is 1. The Kier molecular flexibility index (Phi) is 5.21. The van der Waals surface area contributed by atoms with Crippen LogP contribution in [0.25, 0.3) is 0 Å². The lowest BCUT2D eigenvalue weighted by Crippen LogP contribution is -2.22. The van der Waals surface area contributed by atoms with E-state index in [1.54, 1.807) is 24.3 Å². The van der Waals surface area contributed by atoms with Gasteiger partial charge in [-0.15, -0.1) is 0 Å². The fourth-order valence-corrected chi connectivity index (χ4v) is 3.58. The Morgan fingerprint density at radius 3 is 2.28 bits per heavy atom. The molecule has 0 spiro atoms. The van der Waals surface area contributed by atoms with Crippen molar-refractivity contribution in [3.05, 3.63) is 64.7 Å². The zero-order valence-corrected chi connectivity index (χ0v) is 15.1. The molecule has 3 rings (SSSR count). The molecule has 0 saturated carbocycles. The molecule has 25 heavy (non-hydrogen) atoms. The maximum Gasteiger partial charge on any atom is 0.221 e. The Morgan fingerprint density at radius 1 is 1.04 bits per heavy atom. The largest absolute Gasteiger partial charge is 0.326 e. The van der Waals surface area contributed by atoms with Crippen molar-refractivity contribution in [2.45, 2.75) is 12.8 Å². The van der Waals surface area contributed by atoms with Crippen molar-refractivity contribution in [3.63, 3.8) is 0 Å². The first kappa shape index (κ1) is 17.6. The zero-order valence-electron chi connectivity index (χ0n) is 14.3. The quantitative estimate of drug-likeness (QED) is 0.847. The fraction of sp³-hybridized carbons (Fsp3) is 0.300. The summed E-state index contributed by atoms with van der Waals surface area (Å²) in [6, 6.07) is 14.9. The molecule has 1 saturated heterocycles. The molecule has 2 aromatic rings. The minimum absolute atomic E-state index is 0.0854. The molecule has 1 amide bonds. The van der Waals surface area contributed by atoms with E-state index in [1.165, 1.54) is 6.92 Å². The lowest BCUT2D eigenvalue weighted by atomic mass is 9.84. The number of likely N-dealkylation sites (tertiary alicyclic amines) is 1. The average molecular weight is 357 g/mol. The van der Waals surface area contributed by atoms with Gasteiger partial charge >= 0.3 is 0 Å². The first-order valence-electron chi connectivity index (χ1n) is 8.30. The third kappa shape index (κ3) is 4.09. The number of amides is 1. The maximum absolute atomic E-state index is 13.0. The van der Waals surface area contributed by atoms with E-state index in [4.69, 9.17) is 11.6 Å². The van der Waals surface area contributed by atoms with Gasteiger partial charge in [0.15, 0.2) is 5.78 Å². The third-order valence-electron chi connectivity index (χ3n) is 4.63. The van der Waals surface area contributed by atoms with Crippen LogP contribution in [0.4, 0.5) is 5.69 Å². The predicted molar refractivity (Wildman–Crippen MR) is 100 cm³/mol. The van der Waals surface area contributed by atoms with Gasteiger partial charge in [0.25, 0.3) is 0 Å². The van der Waals surface area contributed by atoms with Gasteiger partial charge in [-0.1, -0.05) is 23.7 Å². The second-order valence-electron chi connectivity index (χ2n) is 6.61. The summed E-state index contributed by atoms with van der Waals surface area (Å²) in [7, 11) is 2.04. The minimum atomic E-state index is -0.0934. The van der Waals surface area contributed by atoms with Crippen molar-refractivity contribution in [2.75, 3.05) is 25.5 Å². The monoisotopic (exact) mass is 356 g/mol. The Labute approximate surface area is 152 Å². The van der Waals surface area contributed by atoms with Gasteiger partial charge < -0.3 is 10.2 Å². The topological polar surface area (TPSA) is 49.4 Å². The van der Waals surface area contributed by atoms with Crippen molar-refractivity contribution in [1.29, 1.82) is 0 Å². The first-order valence-corrected chi connectivity index (χ1v) is 8.67. The van der Waals surface area contributed by atoms with Gasteiger partial charge in [-0.25, -0.2) is 0 Å². The van der Waals surface area contributed by atoms with Crippen LogP contribution in [0.15, 0.2) is 48.5 Å². The highest BCUT2D eigenvalue weighted by molar-refractivity contribution is 6.30. The van der Waals surface area contributed by atoms with Crippen LogP contribution in [-0.4, -0.2) is 36.7 Å². The number of nitrogens with zero attached hydrogens (tertiary/aromatic N) is 1. The number of Topliss-reactive ketones (excluding diaryl/α,β-unsaturated/α-hetero) is 1. The first-order chi connectivity index (χ1) is 11.9. The molecule has 1 aliphatic heterocycles. The van der Waals surface area contributed by atoms with E-state index in [9.17, 15) is 9.59 Å². The van der Waals surface area contributed by atoms with Crippen molar-refractivity contribution < 1.29 is 9.59 Å². The molecular weight excluding hydrogens is 336 g/mol. The van der Waals surface area contributed by atoms with E-state index < -0.39 is 0 Å². The molecule has 0 aliphatic carbocycles. The van der Waals surface area contributed by atoms with Crippen LogP contribution in [-0.2, 0) is 4.79 Å². The number of nitrogens with one attached hydrogen (secondary N) is 1. The molecule has 130 valence electrons. The van der Waals surface area contributed by atoms with E-state index in [1.807, 2.05) is 31.3 Å². The number of hydrogen-bond acceptors (Lipinski definition) is 3. The summed E-state index contributed by atoms with van der Waals surface area (Å²) in [5.74, 6) is 0.110. The normalized spacial score (nSPS) is 20.4. The van der Waals surface area contributed by atoms with Gasteiger partial charge in [0, 0.05) is 48.1 Å². The predicted octanol–water partition coefficient (Wildman–Crippen LogP) is 3.83. The van der Waals surface area contributed by atoms with E-state index >= 15 is 0 Å². The molecular formula is C20H21ClN2O2. The molecule has 0 unspecified atom stereocenters. The molecule has 5 heteroatoms. The number of hydrogen-bond donors (Lipinski definition) is 1. The number of rotatable bonds is 4. The molecule has 1 N–H and O–H groups in total. The Morgan fingerprint density at radius 2 is 1.68 bits per heavy atom. The SMILES string of the molecule is CC(=O)Nc1ccc([C@@H]2CN(C)C[C@@H]2C(=O)c2ccc(Cl)cc2)cc1. The van der Waals surface area contributed by atoms with Crippen LogP contribution in [0.3, 0.4) is 0 Å². The Balaban J connectivity index is 1.82. The van der Waals surface area contributed by atoms with Gasteiger partial charge in [0.2, 0.25) is 5.91 Å². The molecule has 0 bridgehead atoms. The molecule has 1 fully saturated rings. The maximum atomic E-state index is 13.0. The van der Waals surface area contributed by atoms with E-state index in [0.29, 0.717) is 10.6 Å². The zero-order chi connectivity index (χ0) is 18.0. The molecule has 2 aromatic carbocycles. The number of carbonyl (C=O) groups is 2. The molecule has 0 aromatic heterocycles. The lowest BCUT2D eigenvalue weighted by Gasteiger charge is -2.18. The number of halogens is 1. The summed E-state index contributed by atoms with van der Waals surface area (Å²) in [4.78, 5) is 26.3. The van der Waals surface area contributed by atoms with Crippen LogP contribution >= 0.6 is 11.6 Å². The highest BCUT2D eigenvalue weighted by atomic mass is 35.5. The van der Waals surface area contributed by atoms with Crippen molar-refractivity contribution >= 4 is 29.0 Å². The van der Waals surface area contributed by atoms with Gasteiger partial charge in [-0.3, -0.25) is 9.59 Å². The van der Waals surface area contributed by atoms with Gasteiger partial charge in [0.1, 0.15) is 0 Å². The molecule has 1 aliphatic rings. The second kappa shape index (κ2) is 7.38. The van der Waals surface area contributed by atoms with Crippen LogP contribution in [0.1, 0.15) is 28.8 Å². The lowest BCUT2D eigenvalue weighted by molar-refractivity contribution is -0.114. The Hall–Kier alpha value is -2.17. The Bertz CT molecular complexity index is 771. The van der Waals surface area contributed by atoms with Crippen LogP contribution in [0, 0.1) is 5.92 Å². The smallest absolute Gasteiger partial charge is 0.221 e. The van der Waals surface area contributed by atoms with Crippen molar-refractivity contribution in [3.8, 4) is 0 Å². The summed E-state index contributed by atoms with van der Waals surface area (Å²) in [5.41, 5.74) is 2.58. The third-order valence-corrected chi connectivity index (χ3v) is 4.88. The van der Waals surface area contributed by atoms with Gasteiger partial charge in [0.05, 0.1) is 0 Å². The van der Waals surface area contributed by atoms with Crippen molar-refractivity contribution in [2.24, 2.45) is 5.92 Å². The second-order valence-corrected chi connectivity index (χ2v) is 7.04. The van der Waals surface area contributed by atoms with E-state index in [-0.39, 0.29) is 23.5 Å². The molecule has 2 atom stereocenters. The van der Waals surface area contributed by atoms with Crippen LogP contribution in [0.2, 0.25) is 5.02 Å². The van der Waals surface area contributed by atoms with Gasteiger partial charge in [-0.2, -0.15) is 0 Å². The summed E-state index contributed by atoms with van der Waals surface area (Å²) in [6.07, 6.45) is 0. The number of carbonyl (C=O) groups excluding carboxylic acids is 2. The van der Waals surface area contributed by atoms with E-state index in [0.717, 1.165) is 24.3 Å². The summed E-state index contributed by atoms with van der Waals surface area (Å²) in [6.45, 7) is 3.06. The van der Waals surface area contributed by atoms with Crippen LogP contribution < -0.4 is 5.32 Å². The van der Waals surface area contributed by atoms with Crippen LogP contribution in [0.5, 0.6) is 0 Å². The summed E-state index contributed by atoms with van der Waals surface area (Å²) in [5, 5.41) is 3.40. The average Bonchev–Trinajstić information content (AvgIpc) is 2.97. The highest BCUT2D eigenvalue weighted by Gasteiger charge is 2.37. The summed E-state index contributed by atoms with van der Waals surface area (Å²) >= 11 is 5.93. The number of likely N-dealkylation sites (N-methyl/N-ethyl adjacent to an activating group) is 1.